The number of ether oxygens (including phenoxy) is 2. The number of hydrogen-bond donors (Lipinski definition) is 2. The van der Waals surface area contributed by atoms with Crippen molar-refractivity contribution in [3.63, 3.8) is 0 Å². The highest BCUT2D eigenvalue weighted by molar-refractivity contribution is 7.47. The molecule has 91 heavy (non-hydrogen) atoms. The van der Waals surface area contributed by atoms with Gasteiger partial charge >= 0.3 is 19.8 Å². The number of phosphoric acid groups is 1. The molecule has 0 aromatic carbocycles. The molecular weight excluding hydrogens is 1150 g/mol. The molecule has 512 valence electrons. The topological polar surface area (TPSA) is 134 Å². The number of unbranched alkanes of at least 4 members (excludes halogenated alkanes) is 20. The second-order valence-corrected chi connectivity index (χ2v) is 24.4. The van der Waals surface area contributed by atoms with Crippen LogP contribution in [0.2, 0.25) is 0 Å². The molecule has 0 rings (SSSR count). The zero-order chi connectivity index (χ0) is 65.8. The summed E-state index contributed by atoms with van der Waals surface area (Å²) in [7, 11) is -4.41. The standard InChI is InChI=1S/C81H130NO8P/c1-3-5-7-9-11-13-15-17-19-21-23-25-27-29-31-33-35-37-38-39-40-42-44-46-48-50-52-54-56-58-60-62-64-66-68-70-72-74-81(84)90-79(78-89-91(85,86)88-76-75-82)77-87-80(83)73-71-69-67-65-63-61-59-57-55-53-51-49-47-45-43-41-36-34-32-30-28-26-24-22-20-18-16-14-12-10-8-6-4-2/h5-8,11-14,17-20,23-26,29-32,35-37,39-41,44,46,50,52,56,58,79H,3-4,9-10,15-16,21-22,27-28,33-34,38,42-43,45,47-49,51,53-55,57,59-78,82H2,1-2H3,(H,85,86)/b7-5-,8-6-,13-11-,14-12-,19-17-,20-18-,25-23-,26-24-,31-29-,32-30-,37-35-,40-39-,41-36-,46-44-,52-50-,58-56-. The first-order valence-corrected chi connectivity index (χ1v) is 37.4. The number of rotatable bonds is 65. The monoisotopic (exact) mass is 1280 g/mol. The van der Waals surface area contributed by atoms with Crippen molar-refractivity contribution in [2.24, 2.45) is 5.73 Å². The fourth-order valence-corrected chi connectivity index (χ4v) is 10.0. The highest BCUT2D eigenvalue weighted by Crippen LogP contribution is 2.43. The summed E-state index contributed by atoms with van der Waals surface area (Å²) in [6.45, 7) is 3.49. The van der Waals surface area contributed by atoms with Crippen LogP contribution in [0.1, 0.15) is 271 Å². The van der Waals surface area contributed by atoms with E-state index in [0.29, 0.717) is 6.42 Å². The summed E-state index contributed by atoms with van der Waals surface area (Å²) >= 11 is 0. The molecule has 0 aliphatic rings. The van der Waals surface area contributed by atoms with Gasteiger partial charge in [-0.25, -0.2) is 4.57 Å². The molecule has 9 nitrogen and oxygen atoms in total. The number of hydrogen-bond acceptors (Lipinski definition) is 8. The van der Waals surface area contributed by atoms with Gasteiger partial charge in [0.05, 0.1) is 13.2 Å². The second kappa shape index (κ2) is 73.9. The van der Waals surface area contributed by atoms with Gasteiger partial charge < -0.3 is 20.1 Å². The Morgan fingerprint density at radius 3 is 0.846 bits per heavy atom. The van der Waals surface area contributed by atoms with Crippen LogP contribution >= 0.6 is 7.82 Å². The SMILES string of the molecule is CC/C=C\C/C=C\C/C=C\C/C=C\C/C=C\C/C=C\C/C=C\C/C=C\C/C=C\C/C=C\CCCCCCCCC(=O)OC(COC(=O)CCCCCCCCCCCCCCCC/C=C\C/C=C\C/C=C\C/C=C\C/C=C\C/C=C\CC)COP(=O)(O)OCCN. The Morgan fingerprint density at radius 2 is 0.571 bits per heavy atom. The summed E-state index contributed by atoms with van der Waals surface area (Å²) in [5.74, 6) is -0.855. The normalized spacial score (nSPS) is 14.1. The van der Waals surface area contributed by atoms with Crippen molar-refractivity contribution in [1.82, 2.24) is 0 Å². The van der Waals surface area contributed by atoms with Gasteiger partial charge in [-0.05, 0) is 141 Å². The van der Waals surface area contributed by atoms with E-state index in [1.54, 1.807) is 0 Å². The van der Waals surface area contributed by atoms with Crippen LogP contribution in [0, 0.1) is 0 Å². The molecule has 0 bridgehead atoms. The van der Waals surface area contributed by atoms with Crippen LogP contribution in [0.3, 0.4) is 0 Å². The van der Waals surface area contributed by atoms with Crippen LogP contribution in [0.15, 0.2) is 194 Å². The summed E-state index contributed by atoms with van der Waals surface area (Å²) < 4.78 is 33.2. The molecule has 3 N–H and O–H groups in total. The smallest absolute Gasteiger partial charge is 0.462 e. The maximum absolute atomic E-state index is 12.8. The summed E-state index contributed by atoms with van der Waals surface area (Å²) in [4.78, 5) is 35.4. The molecule has 0 saturated carbocycles. The number of carbonyl (C=O) groups is 2. The quantitative estimate of drug-likeness (QED) is 0.0264. The fourth-order valence-electron chi connectivity index (χ4n) is 9.26. The Bertz CT molecular complexity index is 2200. The van der Waals surface area contributed by atoms with Gasteiger partial charge in [0.15, 0.2) is 6.10 Å². The van der Waals surface area contributed by atoms with Crippen LogP contribution in [-0.4, -0.2) is 49.3 Å². The van der Waals surface area contributed by atoms with Crippen LogP contribution in [-0.2, 0) is 32.7 Å². The van der Waals surface area contributed by atoms with Crippen molar-refractivity contribution < 1.29 is 37.6 Å². The van der Waals surface area contributed by atoms with Gasteiger partial charge in [0.2, 0.25) is 0 Å². The van der Waals surface area contributed by atoms with E-state index in [-0.39, 0.29) is 32.6 Å². The van der Waals surface area contributed by atoms with Crippen molar-refractivity contribution in [2.45, 2.75) is 277 Å². The molecule has 0 aromatic heterocycles. The van der Waals surface area contributed by atoms with Gasteiger partial charge in [0.25, 0.3) is 0 Å². The minimum Gasteiger partial charge on any atom is -0.462 e. The van der Waals surface area contributed by atoms with E-state index < -0.39 is 32.5 Å². The number of allylic oxidation sites excluding steroid dienone is 32. The van der Waals surface area contributed by atoms with E-state index in [2.05, 4.69) is 208 Å². The molecule has 0 fully saturated rings. The summed E-state index contributed by atoms with van der Waals surface area (Å²) in [6.07, 6.45) is 112. The van der Waals surface area contributed by atoms with Gasteiger partial charge in [-0.3, -0.25) is 18.6 Å². The first-order chi connectivity index (χ1) is 44.8. The highest BCUT2D eigenvalue weighted by Gasteiger charge is 2.26. The lowest BCUT2D eigenvalue weighted by Crippen LogP contribution is -2.29. The van der Waals surface area contributed by atoms with Crippen LogP contribution in [0.4, 0.5) is 0 Å². The van der Waals surface area contributed by atoms with Gasteiger partial charge in [0.1, 0.15) is 6.61 Å². The molecule has 0 aliphatic carbocycles. The Hall–Kier alpha value is -5.15. The highest BCUT2D eigenvalue weighted by atomic mass is 31.2. The lowest BCUT2D eigenvalue weighted by Gasteiger charge is -2.19. The van der Waals surface area contributed by atoms with Crippen LogP contribution in [0.5, 0.6) is 0 Å². The van der Waals surface area contributed by atoms with Crippen molar-refractivity contribution in [3.8, 4) is 0 Å². The lowest BCUT2D eigenvalue weighted by molar-refractivity contribution is -0.161. The molecule has 2 atom stereocenters. The van der Waals surface area contributed by atoms with E-state index in [9.17, 15) is 19.0 Å². The largest absolute Gasteiger partial charge is 0.472 e. The van der Waals surface area contributed by atoms with Crippen molar-refractivity contribution in [3.05, 3.63) is 194 Å². The molecule has 0 aliphatic heterocycles. The molecule has 0 heterocycles. The second-order valence-electron chi connectivity index (χ2n) is 23.0. The van der Waals surface area contributed by atoms with Crippen molar-refractivity contribution in [2.75, 3.05) is 26.4 Å². The summed E-state index contributed by atoms with van der Waals surface area (Å²) in [6, 6.07) is 0. The zero-order valence-corrected chi connectivity index (χ0v) is 58.4. The predicted molar refractivity (Wildman–Crippen MR) is 394 cm³/mol. The van der Waals surface area contributed by atoms with Gasteiger partial charge in [-0.2, -0.15) is 0 Å². The van der Waals surface area contributed by atoms with E-state index in [1.807, 2.05) is 0 Å². The number of carbonyl (C=O) groups excluding carboxylic acids is 2. The number of nitrogens with two attached hydrogens (primary N) is 1. The third-order valence-electron chi connectivity index (χ3n) is 14.5. The zero-order valence-electron chi connectivity index (χ0n) is 57.5. The summed E-state index contributed by atoms with van der Waals surface area (Å²) in [5.41, 5.74) is 5.40. The average molecular weight is 1280 g/mol. The van der Waals surface area contributed by atoms with Gasteiger partial charge in [0, 0.05) is 19.4 Å². The Labute approximate surface area is 557 Å². The van der Waals surface area contributed by atoms with Gasteiger partial charge in [-0.1, -0.05) is 311 Å². The minimum atomic E-state index is -4.41. The molecule has 0 saturated heterocycles. The minimum absolute atomic E-state index is 0.0413. The molecular formula is C81H130NO8P. The van der Waals surface area contributed by atoms with Crippen molar-refractivity contribution in [1.29, 1.82) is 0 Å². The van der Waals surface area contributed by atoms with Crippen molar-refractivity contribution >= 4 is 19.8 Å². The van der Waals surface area contributed by atoms with E-state index in [1.165, 1.54) is 70.6 Å². The molecule has 0 amide bonds. The van der Waals surface area contributed by atoms with Gasteiger partial charge in [-0.15, -0.1) is 0 Å². The molecule has 10 heteroatoms. The average Bonchev–Trinajstić information content (AvgIpc) is 3.74. The number of phosphoric ester groups is 1. The summed E-state index contributed by atoms with van der Waals surface area (Å²) in [5, 5.41) is 0. The van der Waals surface area contributed by atoms with E-state index in [4.69, 9.17) is 24.3 Å². The Kier molecular flexibility index (Phi) is 69.7. The third-order valence-corrected chi connectivity index (χ3v) is 15.5. The van der Waals surface area contributed by atoms with Crippen LogP contribution in [0.25, 0.3) is 0 Å². The maximum atomic E-state index is 12.8. The predicted octanol–water partition coefficient (Wildman–Crippen LogP) is 24.1. The maximum Gasteiger partial charge on any atom is 0.472 e. The molecule has 0 spiro atoms. The Morgan fingerprint density at radius 1 is 0.330 bits per heavy atom. The first kappa shape index (κ1) is 85.8. The molecule has 0 radical (unpaired) electrons. The third kappa shape index (κ3) is 73.8. The molecule has 2 unspecified atom stereocenters. The molecule has 0 aromatic rings. The van der Waals surface area contributed by atoms with Crippen LogP contribution < -0.4 is 5.73 Å². The fraction of sp³-hybridized carbons (Fsp3) is 0.580. The Balaban J connectivity index is 3.99. The lowest BCUT2D eigenvalue weighted by atomic mass is 10.0. The number of esters is 2. The van der Waals surface area contributed by atoms with E-state index >= 15 is 0 Å². The first-order valence-electron chi connectivity index (χ1n) is 35.9. The van der Waals surface area contributed by atoms with E-state index in [0.717, 1.165) is 167 Å².